The van der Waals surface area contributed by atoms with Crippen molar-refractivity contribution >= 4 is 5.69 Å². The van der Waals surface area contributed by atoms with Gasteiger partial charge < -0.3 is 19.9 Å². The molecule has 28 heavy (non-hydrogen) atoms. The van der Waals surface area contributed by atoms with E-state index in [-0.39, 0.29) is 12.1 Å². The Morgan fingerprint density at radius 2 is 1.89 bits per heavy atom. The minimum atomic E-state index is -0.196. The molecule has 0 unspecified atom stereocenters. The summed E-state index contributed by atoms with van der Waals surface area (Å²) in [5.74, 6) is 1.46. The van der Waals surface area contributed by atoms with E-state index in [0.717, 1.165) is 53.8 Å². The smallest absolute Gasteiger partial charge is 0.163 e. The molecule has 1 fully saturated rings. The van der Waals surface area contributed by atoms with Crippen molar-refractivity contribution in [1.29, 1.82) is 5.26 Å². The highest BCUT2D eigenvalue weighted by atomic mass is 16.5. The van der Waals surface area contributed by atoms with Crippen LogP contribution in [0.2, 0.25) is 0 Å². The first-order valence-corrected chi connectivity index (χ1v) is 9.73. The van der Waals surface area contributed by atoms with Crippen molar-refractivity contribution < 1.29 is 14.6 Å². The summed E-state index contributed by atoms with van der Waals surface area (Å²) in [6, 6.07) is 12.5. The second kappa shape index (κ2) is 8.99. The third kappa shape index (κ3) is 4.40. The van der Waals surface area contributed by atoms with Crippen LogP contribution in [0.5, 0.6) is 11.5 Å². The maximum atomic E-state index is 9.76. The van der Waals surface area contributed by atoms with Gasteiger partial charge in [-0.1, -0.05) is 18.2 Å². The Balaban J connectivity index is 1.90. The van der Waals surface area contributed by atoms with Gasteiger partial charge in [0.1, 0.15) is 6.07 Å². The monoisotopic (exact) mass is 380 g/mol. The number of hydrogen-bond donors (Lipinski definition) is 2. The van der Waals surface area contributed by atoms with E-state index in [1.165, 1.54) is 0 Å². The highest BCUT2D eigenvalue weighted by molar-refractivity contribution is 5.64. The van der Waals surface area contributed by atoms with E-state index < -0.39 is 0 Å². The van der Waals surface area contributed by atoms with Gasteiger partial charge in [0.05, 0.1) is 31.6 Å². The van der Waals surface area contributed by atoms with Crippen molar-refractivity contribution in [2.75, 3.05) is 19.5 Å². The van der Waals surface area contributed by atoms with Crippen LogP contribution in [0.25, 0.3) is 0 Å². The average molecular weight is 380 g/mol. The van der Waals surface area contributed by atoms with Gasteiger partial charge >= 0.3 is 0 Å². The minimum Gasteiger partial charge on any atom is -0.493 e. The lowest BCUT2D eigenvalue weighted by Crippen LogP contribution is -2.29. The Hall–Kier alpha value is -2.71. The largest absolute Gasteiger partial charge is 0.493 e. The quantitative estimate of drug-likeness (QED) is 0.786. The number of benzene rings is 2. The summed E-state index contributed by atoms with van der Waals surface area (Å²) < 4.78 is 10.9. The third-order valence-corrected chi connectivity index (χ3v) is 5.44. The molecule has 3 rings (SSSR count). The number of nitrogens with zero attached hydrogens (tertiary/aromatic N) is 1. The van der Waals surface area contributed by atoms with Crippen LogP contribution in [0, 0.1) is 18.3 Å². The Morgan fingerprint density at radius 3 is 2.54 bits per heavy atom. The first kappa shape index (κ1) is 20.0. The number of para-hydroxylation sites is 1. The average Bonchev–Trinajstić information content (AvgIpc) is 2.70. The summed E-state index contributed by atoms with van der Waals surface area (Å²) in [7, 11) is 3.28. The summed E-state index contributed by atoms with van der Waals surface area (Å²) in [5, 5.41) is 23.0. The fraction of sp³-hybridized carbons (Fsp3) is 0.435. The number of nitriles is 1. The van der Waals surface area contributed by atoms with Gasteiger partial charge in [-0.15, -0.1) is 0 Å². The van der Waals surface area contributed by atoms with Crippen molar-refractivity contribution in [2.45, 2.75) is 51.2 Å². The SMILES string of the molecule is COc1cc(Cc2cccc(C#N)c2NC2CCC(O)CC2)cc(C)c1OC. The molecule has 5 heteroatoms. The molecule has 148 valence electrons. The number of rotatable bonds is 6. The molecular weight excluding hydrogens is 352 g/mol. The fourth-order valence-corrected chi connectivity index (χ4v) is 3.98. The zero-order valence-corrected chi connectivity index (χ0v) is 16.8. The van der Waals surface area contributed by atoms with Crippen molar-refractivity contribution in [3.05, 3.63) is 52.6 Å². The lowest BCUT2D eigenvalue weighted by molar-refractivity contribution is 0.126. The van der Waals surface area contributed by atoms with E-state index in [1.807, 2.05) is 25.1 Å². The Kier molecular flexibility index (Phi) is 6.43. The molecule has 2 aromatic carbocycles. The highest BCUT2D eigenvalue weighted by Gasteiger charge is 2.21. The van der Waals surface area contributed by atoms with Crippen molar-refractivity contribution in [2.24, 2.45) is 0 Å². The summed E-state index contributed by atoms with van der Waals surface area (Å²) in [6.45, 7) is 2.00. The lowest BCUT2D eigenvalue weighted by atomic mass is 9.91. The number of hydrogen-bond acceptors (Lipinski definition) is 5. The number of aliphatic hydroxyl groups is 1. The van der Waals surface area contributed by atoms with Crippen LogP contribution in [0.3, 0.4) is 0 Å². The molecule has 0 bridgehead atoms. The number of aliphatic hydroxyl groups excluding tert-OH is 1. The molecule has 0 aliphatic heterocycles. The van der Waals surface area contributed by atoms with Gasteiger partial charge in [-0.2, -0.15) is 5.26 Å². The second-order valence-corrected chi connectivity index (χ2v) is 7.43. The van der Waals surface area contributed by atoms with Gasteiger partial charge in [0.25, 0.3) is 0 Å². The molecule has 0 heterocycles. The molecule has 0 aromatic heterocycles. The Bertz CT molecular complexity index is 865. The molecular formula is C23H28N2O3. The van der Waals surface area contributed by atoms with Crippen LogP contribution < -0.4 is 14.8 Å². The van der Waals surface area contributed by atoms with Crippen LogP contribution in [0.15, 0.2) is 30.3 Å². The van der Waals surface area contributed by atoms with E-state index in [9.17, 15) is 10.4 Å². The number of ether oxygens (including phenoxy) is 2. The highest BCUT2D eigenvalue weighted by Crippen LogP contribution is 2.34. The molecule has 1 aliphatic carbocycles. The van der Waals surface area contributed by atoms with E-state index in [4.69, 9.17) is 9.47 Å². The van der Waals surface area contributed by atoms with Crippen molar-refractivity contribution in [3.63, 3.8) is 0 Å². The molecule has 2 N–H and O–H groups in total. The summed E-state index contributed by atoms with van der Waals surface area (Å²) in [4.78, 5) is 0. The Morgan fingerprint density at radius 1 is 1.14 bits per heavy atom. The maximum Gasteiger partial charge on any atom is 0.163 e. The molecule has 0 atom stereocenters. The third-order valence-electron chi connectivity index (χ3n) is 5.44. The van der Waals surface area contributed by atoms with Crippen LogP contribution in [0.1, 0.15) is 47.9 Å². The molecule has 2 aromatic rings. The first-order valence-electron chi connectivity index (χ1n) is 9.73. The summed E-state index contributed by atoms with van der Waals surface area (Å²) >= 11 is 0. The zero-order chi connectivity index (χ0) is 20.1. The van der Waals surface area contributed by atoms with Gasteiger partial charge in [0, 0.05) is 6.04 Å². The zero-order valence-electron chi connectivity index (χ0n) is 16.8. The van der Waals surface area contributed by atoms with E-state index in [0.29, 0.717) is 17.7 Å². The predicted molar refractivity (Wildman–Crippen MR) is 110 cm³/mol. The molecule has 1 aliphatic rings. The summed E-state index contributed by atoms with van der Waals surface area (Å²) in [5.41, 5.74) is 4.76. The van der Waals surface area contributed by atoms with Crippen LogP contribution in [-0.4, -0.2) is 31.5 Å². The number of anilines is 1. The van der Waals surface area contributed by atoms with Gasteiger partial charge in [-0.25, -0.2) is 0 Å². The standard InChI is InChI=1S/C23H28N2O3/c1-15-11-16(13-21(27-2)23(15)28-3)12-17-5-4-6-18(14-24)22(17)25-19-7-9-20(26)10-8-19/h4-6,11,13,19-20,25-26H,7-10,12H2,1-3H3. The molecule has 0 spiro atoms. The number of aryl methyl sites for hydroxylation is 1. The van der Waals surface area contributed by atoms with Gasteiger partial charge in [0.2, 0.25) is 0 Å². The minimum absolute atomic E-state index is 0.196. The van der Waals surface area contributed by atoms with E-state index in [2.05, 4.69) is 23.5 Å². The number of nitrogens with one attached hydrogen (secondary N) is 1. The molecule has 0 radical (unpaired) electrons. The fourth-order valence-electron chi connectivity index (χ4n) is 3.98. The molecule has 1 saturated carbocycles. The summed E-state index contributed by atoms with van der Waals surface area (Å²) in [6.07, 6.45) is 3.92. The predicted octanol–water partition coefficient (Wildman–Crippen LogP) is 4.19. The van der Waals surface area contributed by atoms with Gasteiger partial charge in [-0.05, 0) is 67.9 Å². The number of methoxy groups -OCH3 is 2. The van der Waals surface area contributed by atoms with Gasteiger partial charge in [0.15, 0.2) is 11.5 Å². The van der Waals surface area contributed by atoms with Crippen molar-refractivity contribution in [1.82, 2.24) is 0 Å². The van der Waals surface area contributed by atoms with E-state index in [1.54, 1.807) is 14.2 Å². The van der Waals surface area contributed by atoms with Gasteiger partial charge in [-0.3, -0.25) is 0 Å². The van der Waals surface area contributed by atoms with E-state index >= 15 is 0 Å². The second-order valence-electron chi connectivity index (χ2n) is 7.43. The van der Waals surface area contributed by atoms with Crippen LogP contribution in [0.4, 0.5) is 5.69 Å². The molecule has 0 saturated heterocycles. The Labute approximate surface area is 166 Å². The molecule has 0 amide bonds. The topological polar surface area (TPSA) is 74.5 Å². The van der Waals surface area contributed by atoms with Crippen LogP contribution in [-0.2, 0) is 6.42 Å². The normalized spacial score (nSPS) is 19.0. The maximum absolute atomic E-state index is 9.76. The lowest BCUT2D eigenvalue weighted by Gasteiger charge is -2.28. The van der Waals surface area contributed by atoms with Crippen LogP contribution >= 0.6 is 0 Å². The first-order chi connectivity index (χ1) is 13.5. The molecule has 5 nitrogen and oxygen atoms in total. The van der Waals surface area contributed by atoms with Crippen molar-refractivity contribution in [3.8, 4) is 17.6 Å².